The summed E-state index contributed by atoms with van der Waals surface area (Å²) in [6.45, 7) is 6.39. The van der Waals surface area contributed by atoms with Crippen LogP contribution in [-0.2, 0) is 0 Å². The van der Waals surface area contributed by atoms with Gasteiger partial charge in [0.15, 0.2) is 0 Å². The van der Waals surface area contributed by atoms with Gasteiger partial charge in [0, 0.05) is 11.2 Å². The van der Waals surface area contributed by atoms with Crippen LogP contribution in [0.3, 0.4) is 0 Å². The smallest absolute Gasteiger partial charge is 0.266 e. The van der Waals surface area contributed by atoms with Gasteiger partial charge in [-0.2, -0.15) is 0 Å². The second kappa shape index (κ2) is 7.88. The fourth-order valence-electron chi connectivity index (χ4n) is 2.77. The van der Waals surface area contributed by atoms with Gasteiger partial charge in [0.1, 0.15) is 5.82 Å². The number of nitrogens with one attached hydrogen (secondary N) is 2. The lowest BCUT2D eigenvalue weighted by atomic mass is 10.1. The van der Waals surface area contributed by atoms with E-state index in [0.29, 0.717) is 28.6 Å². The van der Waals surface area contributed by atoms with Crippen molar-refractivity contribution in [3.8, 4) is 0 Å². The minimum absolute atomic E-state index is 0.227. The number of thiophene rings is 1. The molecule has 0 bridgehead atoms. The number of aryl methyl sites for hydroxylation is 1. The molecule has 0 saturated carbocycles. The fourth-order valence-corrected chi connectivity index (χ4v) is 3.86. The van der Waals surface area contributed by atoms with Gasteiger partial charge in [-0.05, 0) is 54.1 Å². The summed E-state index contributed by atoms with van der Waals surface area (Å²) < 4.78 is 14.4. The van der Waals surface area contributed by atoms with Crippen molar-refractivity contribution in [3.05, 3.63) is 64.3 Å². The molecule has 0 fully saturated rings. The maximum atomic E-state index is 13.5. The van der Waals surface area contributed by atoms with Crippen molar-refractivity contribution in [2.75, 3.05) is 11.9 Å². The van der Waals surface area contributed by atoms with Crippen LogP contribution in [0.15, 0.2) is 42.5 Å². The van der Waals surface area contributed by atoms with Crippen LogP contribution in [0.25, 0.3) is 10.1 Å². The Morgan fingerprint density at radius 3 is 2.59 bits per heavy atom. The highest BCUT2D eigenvalue weighted by Crippen LogP contribution is 2.32. The molecule has 27 heavy (non-hydrogen) atoms. The average Bonchev–Trinajstić information content (AvgIpc) is 2.96. The van der Waals surface area contributed by atoms with E-state index >= 15 is 0 Å². The number of carbonyl (C=O) groups excluding carboxylic acids is 2. The SMILES string of the molecule is Cc1c(C(=O)Nc2ccccc2C(=O)NCC(C)C)sc2ccc(F)cc12. The van der Waals surface area contributed by atoms with E-state index in [0.717, 1.165) is 15.6 Å². The summed E-state index contributed by atoms with van der Waals surface area (Å²) in [5, 5.41) is 6.42. The Hall–Kier alpha value is -2.73. The third kappa shape index (κ3) is 4.17. The third-order valence-corrected chi connectivity index (χ3v) is 5.47. The Morgan fingerprint density at radius 2 is 1.85 bits per heavy atom. The van der Waals surface area contributed by atoms with E-state index in [4.69, 9.17) is 0 Å². The molecule has 0 aliphatic rings. The molecule has 140 valence electrons. The molecule has 0 spiro atoms. The first-order valence-electron chi connectivity index (χ1n) is 8.74. The van der Waals surface area contributed by atoms with Gasteiger partial charge in [0.2, 0.25) is 0 Å². The van der Waals surface area contributed by atoms with Crippen LogP contribution >= 0.6 is 11.3 Å². The van der Waals surface area contributed by atoms with E-state index < -0.39 is 0 Å². The summed E-state index contributed by atoms with van der Waals surface area (Å²) in [4.78, 5) is 25.7. The third-order valence-electron chi connectivity index (χ3n) is 4.20. The predicted octanol–water partition coefficient (Wildman–Crippen LogP) is 4.99. The van der Waals surface area contributed by atoms with Crippen LogP contribution in [0, 0.1) is 18.7 Å². The molecule has 0 radical (unpaired) electrons. The number of carbonyl (C=O) groups is 2. The normalized spacial score (nSPS) is 11.0. The van der Waals surface area contributed by atoms with Crippen molar-refractivity contribution in [1.29, 1.82) is 0 Å². The van der Waals surface area contributed by atoms with Crippen LogP contribution in [0.1, 0.15) is 39.4 Å². The van der Waals surface area contributed by atoms with Gasteiger partial charge in [-0.3, -0.25) is 9.59 Å². The Balaban J connectivity index is 1.87. The molecule has 3 aromatic rings. The van der Waals surface area contributed by atoms with Crippen LogP contribution in [-0.4, -0.2) is 18.4 Å². The molecule has 0 aliphatic carbocycles. The molecule has 0 unspecified atom stereocenters. The van der Waals surface area contributed by atoms with Crippen molar-refractivity contribution in [3.63, 3.8) is 0 Å². The molecule has 0 atom stereocenters. The average molecular weight is 384 g/mol. The van der Waals surface area contributed by atoms with Crippen LogP contribution in [0.2, 0.25) is 0 Å². The topological polar surface area (TPSA) is 58.2 Å². The molecular formula is C21H21FN2O2S. The molecule has 0 saturated heterocycles. The number of halogens is 1. The van der Waals surface area contributed by atoms with Gasteiger partial charge in [-0.1, -0.05) is 26.0 Å². The van der Waals surface area contributed by atoms with Gasteiger partial charge in [0.05, 0.1) is 16.1 Å². The van der Waals surface area contributed by atoms with Crippen molar-refractivity contribution in [1.82, 2.24) is 5.32 Å². The van der Waals surface area contributed by atoms with Gasteiger partial charge >= 0.3 is 0 Å². The minimum Gasteiger partial charge on any atom is -0.352 e. The highest BCUT2D eigenvalue weighted by molar-refractivity contribution is 7.21. The number of hydrogen-bond donors (Lipinski definition) is 2. The minimum atomic E-state index is -0.331. The van der Waals surface area contributed by atoms with Crippen molar-refractivity contribution < 1.29 is 14.0 Å². The number of para-hydroxylation sites is 1. The fraction of sp³-hybridized carbons (Fsp3) is 0.238. The Kier molecular flexibility index (Phi) is 5.56. The van der Waals surface area contributed by atoms with Crippen molar-refractivity contribution >= 4 is 38.9 Å². The van der Waals surface area contributed by atoms with E-state index in [1.165, 1.54) is 23.5 Å². The van der Waals surface area contributed by atoms with Crippen molar-refractivity contribution in [2.45, 2.75) is 20.8 Å². The van der Waals surface area contributed by atoms with Gasteiger partial charge in [-0.25, -0.2) is 4.39 Å². The second-order valence-electron chi connectivity index (χ2n) is 6.80. The summed E-state index contributed by atoms with van der Waals surface area (Å²) in [6, 6.07) is 11.4. The second-order valence-corrected chi connectivity index (χ2v) is 7.85. The highest BCUT2D eigenvalue weighted by Gasteiger charge is 2.19. The summed E-state index contributed by atoms with van der Waals surface area (Å²) >= 11 is 1.31. The Bertz CT molecular complexity index is 1010. The number of anilines is 1. The zero-order chi connectivity index (χ0) is 19.6. The van der Waals surface area contributed by atoms with E-state index in [1.54, 1.807) is 37.3 Å². The highest BCUT2D eigenvalue weighted by atomic mass is 32.1. The lowest BCUT2D eigenvalue weighted by Crippen LogP contribution is -2.28. The summed E-state index contributed by atoms with van der Waals surface area (Å²) in [5.41, 5.74) is 1.59. The predicted molar refractivity (Wildman–Crippen MR) is 108 cm³/mol. The number of hydrogen-bond acceptors (Lipinski definition) is 3. The number of benzene rings is 2. The molecule has 2 aromatic carbocycles. The van der Waals surface area contributed by atoms with E-state index in [1.807, 2.05) is 13.8 Å². The lowest BCUT2D eigenvalue weighted by molar-refractivity contribution is 0.0950. The quantitative estimate of drug-likeness (QED) is 0.651. The molecule has 1 aromatic heterocycles. The molecule has 4 nitrogen and oxygen atoms in total. The van der Waals surface area contributed by atoms with E-state index in [2.05, 4.69) is 10.6 Å². The van der Waals surface area contributed by atoms with Crippen LogP contribution < -0.4 is 10.6 Å². The summed E-state index contributed by atoms with van der Waals surface area (Å²) in [7, 11) is 0. The zero-order valence-electron chi connectivity index (χ0n) is 15.4. The Morgan fingerprint density at radius 1 is 1.11 bits per heavy atom. The molecule has 1 heterocycles. The maximum Gasteiger partial charge on any atom is 0.266 e. The molecular weight excluding hydrogens is 363 g/mol. The number of fused-ring (bicyclic) bond motifs is 1. The maximum absolute atomic E-state index is 13.5. The monoisotopic (exact) mass is 384 g/mol. The van der Waals surface area contributed by atoms with Crippen molar-refractivity contribution in [2.24, 2.45) is 5.92 Å². The molecule has 0 aliphatic heterocycles. The largest absolute Gasteiger partial charge is 0.352 e. The molecule has 2 N–H and O–H groups in total. The van der Waals surface area contributed by atoms with E-state index in [9.17, 15) is 14.0 Å². The first-order chi connectivity index (χ1) is 12.9. The van der Waals surface area contributed by atoms with Gasteiger partial charge in [-0.15, -0.1) is 11.3 Å². The first kappa shape index (κ1) is 19.0. The summed E-state index contributed by atoms with van der Waals surface area (Å²) in [6.07, 6.45) is 0. The molecule has 3 rings (SSSR count). The number of rotatable bonds is 5. The van der Waals surface area contributed by atoms with Gasteiger partial charge < -0.3 is 10.6 Å². The van der Waals surface area contributed by atoms with Crippen LogP contribution in [0.4, 0.5) is 10.1 Å². The first-order valence-corrected chi connectivity index (χ1v) is 9.55. The Labute approximate surface area is 161 Å². The molecule has 6 heteroatoms. The number of amides is 2. The summed E-state index contributed by atoms with van der Waals surface area (Å²) in [5.74, 6) is -0.534. The van der Waals surface area contributed by atoms with Crippen LogP contribution in [0.5, 0.6) is 0 Å². The zero-order valence-corrected chi connectivity index (χ0v) is 16.2. The van der Waals surface area contributed by atoms with E-state index in [-0.39, 0.29) is 17.6 Å². The lowest BCUT2D eigenvalue weighted by Gasteiger charge is -2.12. The van der Waals surface area contributed by atoms with Gasteiger partial charge in [0.25, 0.3) is 11.8 Å². The molecule has 2 amide bonds. The standard InChI is InChI=1S/C21H21FN2O2S/c1-12(2)11-23-20(25)15-6-4-5-7-17(15)24-21(26)19-13(3)16-10-14(22)8-9-18(16)27-19/h4-10,12H,11H2,1-3H3,(H,23,25)(H,24,26).